The number of piperazine rings is 1. The van der Waals surface area contributed by atoms with Crippen LogP contribution in [0.15, 0.2) is 23.1 Å². The van der Waals surface area contributed by atoms with E-state index in [0.717, 1.165) is 24.1 Å². The molecule has 7 heteroatoms. The van der Waals surface area contributed by atoms with Gasteiger partial charge in [0.05, 0.1) is 4.90 Å². The van der Waals surface area contributed by atoms with Crippen molar-refractivity contribution in [3.8, 4) is 0 Å². The summed E-state index contributed by atoms with van der Waals surface area (Å²) >= 11 is 0. The first-order chi connectivity index (χ1) is 11.3. The summed E-state index contributed by atoms with van der Waals surface area (Å²) < 4.78 is 27.0. The van der Waals surface area contributed by atoms with Gasteiger partial charge in [-0.15, -0.1) is 0 Å². The summed E-state index contributed by atoms with van der Waals surface area (Å²) in [6.45, 7) is 7.06. The third-order valence-electron chi connectivity index (χ3n) is 4.56. The average molecular weight is 354 g/mol. The second-order valence-corrected chi connectivity index (χ2v) is 8.28. The van der Waals surface area contributed by atoms with Crippen molar-refractivity contribution < 1.29 is 18.3 Å². The standard InChI is InChI=1S/C17H26N2O4S/c1-14-6-7-16(13-15(14)2)24(22,23)19-11-9-18(10-12-19)8-4-3-5-17(20)21/h6-7,13H,3-5,8-12H2,1-2H3,(H,20,21). The highest BCUT2D eigenvalue weighted by Gasteiger charge is 2.28. The zero-order valence-corrected chi connectivity index (χ0v) is 15.2. The third kappa shape index (κ3) is 4.78. The quantitative estimate of drug-likeness (QED) is 0.756. The molecule has 1 aromatic carbocycles. The lowest BCUT2D eigenvalue weighted by atomic mass is 10.1. The Hall–Kier alpha value is -1.44. The molecule has 1 saturated heterocycles. The van der Waals surface area contributed by atoms with E-state index in [1.54, 1.807) is 16.4 Å². The van der Waals surface area contributed by atoms with Crippen molar-refractivity contribution in [2.75, 3.05) is 32.7 Å². The molecule has 0 atom stereocenters. The maximum Gasteiger partial charge on any atom is 0.303 e. The Labute approximate surface area is 144 Å². The number of hydrogen-bond acceptors (Lipinski definition) is 4. The zero-order valence-electron chi connectivity index (χ0n) is 14.4. The molecule has 24 heavy (non-hydrogen) atoms. The molecular weight excluding hydrogens is 328 g/mol. The second-order valence-electron chi connectivity index (χ2n) is 6.34. The minimum Gasteiger partial charge on any atom is -0.481 e. The van der Waals surface area contributed by atoms with Gasteiger partial charge in [0.15, 0.2) is 0 Å². The summed E-state index contributed by atoms with van der Waals surface area (Å²) in [5.41, 5.74) is 2.06. The van der Waals surface area contributed by atoms with Crippen LogP contribution in [0.4, 0.5) is 0 Å². The van der Waals surface area contributed by atoms with Crippen LogP contribution in [-0.4, -0.2) is 61.4 Å². The first kappa shape index (κ1) is 18.9. The summed E-state index contributed by atoms with van der Waals surface area (Å²) in [6, 6.07) is 5.26. The van der Waals surface area contributed by atoms with Gasteiger partial charge in [0.2, 0.25) is 10.0 Å². The predicted octanol–water partition coefficient (Wildman–Crippen LogP) is 1.86. The minimum absolute atomic E-state index is 0.196. The van der Waals surface area contributed by atoms with Gasteiger partial charge in [-0.05, 0) is 56.5 Å². The van der Waals surface area contributed by atoms with E-state index < -0.39 is 16.0 Å². The molecule has 1 N–H and O–H groups in total. The first-order valence-electron chi connectivity index (χ1n) is 8.32. The van der Waals surface area contributed by atoms with E-state index in [4.69, 9.17) is 5.11 Å². The minimum atomic E-state index is -3.43. The lowest BCUT2D eigenvalue weighted by molar-refractivity contribution is -0.137. The predicted molar refractivity (Wildman–Crippen MR) is 92.6 cm³/mol. The van der Waals surface area contributed by atoms with Crippen molar-refractivity contribution in [3.05, 3.63) is 29.3 Å². The molecule has 0 saturated carbocycles. The molecule has 0 bridgehead atoms. The average Bonchev–Trinajstić information content (AvgIpc) is 2.54. The number of aryl methyl sites for hydroxylation is 2. The highest BCUT2D eigenvalue weighted by atomic mass is 32.2. The monoisotopic (exact) mass is 354 g/mol. The van der Waals surface area contributed by atoms with Gasteiger partial charge in [0, 0.05) is 32.6 Å². The van der Waals surface area contributed by atoms with E-state index in [9.17, 15) is 13.2 Å². The van der Waals surface area contributed by atoms with Crippen LogP contribution in [0.5, 0.6) is 0 Å². The molecule has 0 radical (unpaired) electrons. The molecule has 0 spiro atoms. The fourth-order valence-electron chi connectivity index (χ4n) is 2.83. The number of aliphatic carboxylic acids is 1. The molecule has 2 rings (SSSR count). The largest absolute Gasteiger partial charge is 0.481 e. The molecule has 0 aliphatic carbocycles. The van der Waals surface area contributed by atoms with Crippen LogP contribution in [0, 0.1) is 13.8 Å². The maximum absolute atomic E-state index is 12.7. The van der Waals surface area contributed by atoms with Gasteiger partial charge < -0.3 is 10.0 Å². The summed E-state index contributed by atoms with van der Waals surface area (Å²) in [5, 5.41) is 8.63. The van der Waals surface area contributed by atoms with Crippen LogP contribution in [-0.2, 0) is 14.8 Å². The van der Waals surface area contributed by atoms with Crippen LogP contribution in [0.25, 0.3) is 0 Å². The number of hydrogen-bond donors (Lipinski definition) is 1. The summed E-state index contributed by atoms with van der Waals surface area (Å²) in [7, 11) is -3.43. The van der Waals surface area contributed by atoms with Crippen LogP contribution in [0.1, 0.15) is 30.4 Å². The number of carboxylic acids is 1. The lowest BCUT2D eigenvalue weighted by Crippen LogP contribution is -2.48. The Morgan fingerprint density at radius 1 is 1.08 bits per heavy atom. The SMILES string of the molecule is Cc1ccc(S(=O)(=O)N2CCN(CCCCC(=O)O)CC2)cc1C. The number of carbonyl (C=O) groups is 1. The van der Waals surface area contributed by atoms with Gasteiger partial charge in [-0.1, -0.05) is 6.07 Å². The molecular formula is C17H26N2O4S. The molecule has 1 aliphatic heterocycles. The van der Waals surface area contributed by atoms with E-state index in [0.29, 0.717) is 37.5 Å². The molecule has 1 aliphatic rings. The highest BCUT2D eigenvalue weighted by molar-refractivity contribution is 7.89. The fraction of sp³-hybridized carbons (Fsp3) is 0.588. The Morgan fingerprint density at radius 2 is 1.75 bits per heavy atom. The van der Waals surface area contributed by atoms with Crippen molar-refractivity contribution in [2.45, 2.75) is 38.0 Å². The molecule has 134 valence electrons. The van der Waals surface area contributed by atoms with E-state index in [1.807, 2.05) is 19.9 Å². The molecule has 1 aromatic rings. The van der Waals surface area contributed by atoms with E-state index in [1.165, 1.54) is 0 Å². The van der Waals surface area contributed by atoms with Gasteiger partial charge >= 0.3 is 5.97 Å². The Bertz CT molecular complexity index is 680. The summed E-state index contributed by atoms with van der Waals surface area (Å²) in [6.07, 6.45) is 1.69. The first-order valence-corrected chi connectivity index (χ1v) is 9.76. The molecule has 1 heterocycles. The van der Waals surface area contributed by atoms with Crippen molar-refractivity contribution >= 4 is 16.0 Å². The molecule has 0 aromatic heterocycles. The number of rotatable bonds is 7. The van der Waals surface area contributed by atoms with Crippen LogP contribution in [0.3, 0.4) is 0 Å². The van der Waals surface area contributed by atoms with Crippen LogP contribution < -0.4 is 0 Å². The third-order valence-corrected chi connectivity index (χ3v) is 6.46. The smallest absolute Gasteiger partial charge is 0.303 e. The molecule has 1 fully saturated rings. The normalized spacial score (nSPS) is 17.1. The van der Waals surface area contributed by atoms with Crippen molar-refractivity contribution in [2.24, 2.45) is 0 Å². The highest BCUT2D eigenvalue weighted by Crippen LogP contribution is 2.20. The molecule has 0 amide bonds. The number of sulfonamides is 1. The van der Waals surface area contributed by atoms with Gasteiger partial charge in [0.1, 0.15) is 0 Å². The zero-order chi connectivity index (χ0) is 17.7. The van der Waals surface area contributed by atoms with Crippen LogP contribution in [0.2, 0.25) is 0 Å². The summed E-state index contributed by atoms with van der Waals surface area (Å²) in [4.78, 5) is 13.1. The van der Waals surface area contributed by atoms with Crippen LogP contribution >= 0.6 is 0 Å². The fourth-order valence-corrected chi connectivity index (χ4v) is 4.34. The molecule has 6 nitrogen and oxygen atoms in total. The number of nitrogens with zero attached hydrogens (tertiary/aromatic N) is 2. The van der Waals surface area contributed by atoms with E-state index in [2.05, 4.69) is 4.90 Å². The van der Waals surface area contributed by atoms with Gasteiger partial charge in [0.25, 0.3) is 0 Å². The second kappa shape index (κ2) is 8.09. The van der Waals surface area contributed by atoms with Crippen molar-refractivity contribution in [1.29, 1.82) is 0 Å². The van der Waals surface area contributed by atoms with Gasteiger partial charge in [-0.25, -0.2) is 8.42 Å². The Morgan fingerprint density at radius 3 is 2.33 bits per heavy atom. The number of carboxylic acid groups (broad SMARTS) is 1. The summed E-state index contributed by atoms with van der Waals surface area (Å²) in [5.74, 6) is -0.765. The Balaban J connectivity index is 1.88. The number of benzene rings is 1. The lowest BCUT2D eigenvalue weighted by Gasteiger charge is -2.34. The van der Waals surface area contributed by atoms with Crippen molar-refractivity contribution in [3.63, 3.8) is 0 Å². The topological polar surface area (TPSA) is 77.9 Å². The molecule has 0 unspecified atom stereocenters. The maximum atomic E-state index is 12.7. The van der Waals surface area contributed by atoms with E-state index in [-0.39, 0.29) is 6.42 Å². The van der Waals surface area contributed by atoms with Crippen molar-refractivity contribution in [1.82, 2.24) is 9.21 Å². The van der Waals surface area contributed by atoms with Gasteiger partial charge in [-0.3, -0.25) is 4.79 Å². The number of unbranched alkanes of at least 4 members (excludes halogenated alkanes) is 1. The Kier molecular flexibility index (Phi) is 6.37. The van der Waals surface area contributed by atoms with Gasteiger partial charge in [-0.2, -0.15) is 4.31 Å². The van der Waals surface area contributed by atoms with E-state index >= 15 is 0 Å².